The lowest BCUT2D eigenvalue weighted by Crippen LogP contribution is -2.31. The minimum absolute atomic E-state index is 0.182. The van der Waals surface area contributed by atoms with Crippen molar-refractivity contribution >= 4 is 51.7 Å². The molecule has 176 valence electrons. The number of nitrogens with one attached hydrogen (secondary N) is 1. The maximum atomic E-state index is 13.5. The van der Waals surface area contributed by atoms with Gasteiger partial charge in [0.1, 0.15) is 21.5 Å². The zero-order valence-electron chi connectivity index (χ0n) is 19.5. The topological polar surface area (TPSA) is 75.9 Å². The van der Waals surface area contributed by atoms with Crippen molar-refractivity contribution < 1.29 is 9.53 Å². The second-order valence-electron chi connectivity index (χ2n) is 8.45. The fourth-order valence-corrected chi connectivity index (χ4v) is 4.92. The van der Waals surface area contributed by atoms with E-state index in [1.165, 1.54) is 16.2 Å². The summed E-state index contributed by atoms with van der Waals surface area (Å²) in [5, 5.41) is 3.29. The Hall–Kier alpha value is -3.17. The number of thioether (sulfide) groups is 1. The van der Waals surface area contributed by atoms with Crippen LogP contribution in [0.5, 0.6) is 5.75 Å². The van der Waals surface area contributed by atoms with Crippen molar-refractivity contribution in [3.05, 3.63) is 74.5 Å². The van der Waals surface area contributed by atoms with Crippen molar-refractivity contribution in [2.45, 2.75) is 27.3 Å². The van der Waals surface area contributed by atoms with Crippen molar-refractivity contribution in [3.63, 3.8) is 0 Å². The van der Waals surface area contributed by atoms with Gasteiger partial charge in [0.15, 0.2) is 0 Å². The van der Waals surface area contributed by atoms with Gasteiger partial charge in [-0.1, -0.05) is 56.0 Å². The number of aromatic nitrogens is 2. The minimum atomic E-state index is -0.250. The molecule has 0 saturated carbocycles. The monoisotopic (exact) mass is 494 g/mol. The molecule has 0 aliphatic carbocycles. The van der Waals surface area contributed by atoms with Crippen LogP contribution in [0, 0.1) is 12.8 Å². The fraction of sp³-hybridized carbons (Fsp3) is 0.280. The molecule has 3 heterocycles. The normalized spacial score (nSPS) is 15.1. The lowest BCUT2D eigenvalue weighted by Gasteiger charge is -2.16. The number of methoxy groups -OCH3 is 1. The Morgan fingerprint density at radius 2 is 1.94 bits per heavy atom. The van der Waals surface area contributed by atoms with Gasteiger partial charge in [-0.05, 0) is 48.2 Å². The predicted octanol–water partition coefficient (Wildman–Crippen LogP) is 4.48. The van der Waals surface area contributed by atoms with E-state index in [1.54, 1.807) is 24.3 Å². The second kappa shape index (κ2) is 9.99. The van der Waals surface area contributed by atoms with E-state index in [4.69, 9.17) is 21.9 Å². The number of hydrogen-bond donors (Lipinski definition) is 1. The zero-order chi connectivity index (χ0) is 24.4. The molecule has 1 saturated heterocycles. The summed E-state index contributed by atoms with van der Waals surface area (Å²) in [7, 11) is 1.62. The summed E-state index contributed by atoms with van der Waals surface area (Å²) in [6, 6.07) is 11.4. The number of nitrogens with zero attached hydrogens (tertiary/aromatic N) is 3. The summed E-state index contributed by atoms with van der Waals surface area (Å²) >= 11 is 6.64. The number of carbonyl (C=O) groups is 1. The van der Waals surface area contributed by atoms with E-state index >= 15 is 0 Å². The smallest absolute Gasteiger partial charge is 0.267 e. The van der Waals surface area contributed by atoms with Crippen LogP contribution < -0.4 is 15.6 Å². The summed E-state index contributed by atoms with van der Waals surface area (Å²) < 4.78 is 7.23. The zero-order valence-corrected chi connectivity index (χ0v) is 21.1. The number of pyridine rings is 1. The first-order chi connectivity index (χ1) is 16.3. The number of anilines is 1. The largest absolute Gasteiger partial charge is 0.497 e. The quantitative estimate of drug-likeness (QED) is 0.383. The van der Waals surface area contributed by atoms with Crippen LogP contribution in [-0.4, -0.2) is 38.2 Å². The van der Waals surface area contributed by atoms with Gasteiger partial charge in [0.25, 0.3) is 11.5 Å². The average Bonchev–Trinajstić information content (AvgIpc) is 3.07. The Bertz CT molecular complexity index is 1350. The van der Waals surface area contributed by atoms with Gasteiger partial charge >= 0.3 is 0 Å². The van der Waals surface area contributed by atoms with Crippen LogP contribution in [0.15, 0.2) is 52.3 Å². The number of thiocarbonyl (C=S) groups is 1. The van der Waals surface area contributed by atoms with Crippen LogP contribution in [0.2, 0.25) is 0 Å². The van der Waals surface area contributed by atoms with Crippen molar-refractivity contribution in [3.8, 4) is 5.75 Å². The van der Waals surface area contributed by atoms with Gasteiger partial charge in [-0.2, -0.15) is 0 Å². The van der Waals surface area contributed by atoms with Gasteiger partial charge in [-0.15, -0.1) is 0 Å². The Balaban J connectivity index is 1.76. The first kappa shape index (κ1) is 24.0. The third-order valence-electron chi connectivity index (χ3n) is 5.40. The van der Waals surface area contributed by atoms with E-state index in [1.807, 2.05) is 57.2 Å². The molecule has 34 heavy (non-hydrogen) atoms. The Morgan fingerprint density at radius 3 is 2.62 bits per heavy atom. The van der Waals surface area contributed by atoms with E-state index < -0.39 is 0 Å². The molecule has 1 aliphatic rings. The fourth-order valence-electron chi connectivity index (χ4n) is 3.66. The SMILES string of the molecule is COc1ccc(CNc2nc3c(C)cccn3c(=O)c2C=C2SC(=S)N(CC(C)C)C2=O)cc1. The van der Waals surface area contributed by atoms with Crippen molar-refractivity contribution in [2.24, 2.45) is 5.92 Å². The first-order valence-electron chi connectivity index (χ1n) is 10.9. The van der Waals surface area contributed by atoms with E-state index in [9.17, 15) is 9.59 Å². The van der Waals surface area contributed by atoms with Crippen molar-refractivity contribution in [1.29, 1.82) is 0 Å². The van der Waals surface area contributed by atoms with E-state index in [-0.39, 0.29) is 17.4 Å². The molecule has 3 aromatic rings. The van der Waals surface area contributed by atoms with Gasteiger partial charge in [0.2, 0.25) is 0 Å². The third-order valence-corrected chi connectivity index (χ3v) is 6.78. The molecule has 1 aromatic carbocycles. The summed E-state index contributed by atoms with van der Waals surface area (Å²) in [6.07, 6.45) is 3.30. The number of aryl methyl sites for hydroxylation is 1. The van der Waals surface area contributed by atoms with E-state index in [2.05, 4.69) is 5.32 Å². The third kappa shape index (κ3) is 4.85. The highest BCUT2D eigenvalue weighted by atomic mass is 32.2. The Kier molecular flexibility index (Phi) is 7.04. The molecule has 1 aliphatic heterocycles. The van der Waals surface area contributed by atoms with Crippen LogP contribution in [-0.2, 0) is 11.3 Å². The maximum absolute atomic E-state index is 13.5. The molecule has 7 nitrogen and oxygen atoms in total. The van der Waals surface area contributed by atoms with Crippen LogP contribution in [0.4, 0.5) is 5.82 Å². The number of hydrogen-bond acceptors (Lipinski definition) is 7. The van der Waals surface area contributed by atoms with Crippen LogP contribution in [0.3, 0.4) is 0 Å². The van der Waals surface area contributed by atoms with E-state index in [0.717, 1.165) is 16.9 Å². The molecular weight excluding hydrogens is 468 g/mol. The Labute approximate surface area is 207 Å². The molecule has 4 rings (SSSR count). The number of benzene rings is 1. The van der Waals surface area contributed by atoms with Gasteiger partial charge in [-0.3, -0.25) is 18.9 Å². The molecule has 0 unspecified atom stereocenters. The molecule has 0 bridgehead atoms. The van der Waals surface area contributed by atoms with Crippen LogP contribution in [0.25, 0.3) is 11.7 Å². The molecule has 0 spiro atoms. The predicted molar refractivity (Wildman–Crippen MR) is 141 cm³/mol. The standard InChI is InChI=1S/C25H26N4O3S2/c1-15(2)14-29-24(31)20(34-25(29)33)12-19-21(26-13-17-7-9-18(32-4)10-8-17)27-22-16(3)6-5-11-28(22)23(19)30/h5-12,15,26H,13-14H2,1-4H3. The summed E-state index contributed by atoms with van der Waals surface area (Å²) in [5.41, 5.74) is 2.51. The van der Waals surface area contributed by atoms with Crippen molar-refractivity contribution in [1.82, 2.24) is 14.3 Å². The molecule has 9 heteroatoms. The molecular formula is C25H26N4O3S2. The highest BCUT2D eigenvalue weighted by Gasteiger charge is 2.33. The summed E-state index contributed by atoms with van der Waals surface area (Å²) in [4.78, 5) is 33.3. The molecule has 1 amide bonds. The number of rotatable bonds is 7. The van der Waals surface area contributed by atoms with Crippen LogP contribution in [0.1, 0.15) is 30.5 Å². The summed E-state index contributed by atoms with van der Waals surface area (Å²) in [5.74, 6) is 1.29. The average molecular weight is 495 g/mol. The summed E-state index contributed by atoms with van der Waals surface area (Å²) in [6.45, 7) is 6.97. The number of ether oxygens (including phenoxy) is 1. The van der Waals surface area contributed by atoms with Crippen molar-refractivity contribution in [2.75, 3.05) is 19.0 Å². The second-order valence-corrected chi connectivity index (χ2v) is 10.1. The number of fused-ring (bicyclic) bond motifs is 1. The molecule has 1 N–H and O–H groups in total. The molecule has 1 fully saturated rings. The molecule has 0 atom stereocenters. The van der Waals surface area contributed by atoms with Gasteiger partial charge in [-0.25, -0.2) is 4.98 Å². The first-order valence-corrected chi connectivity index (χ1v) is 12.1. The van der Waals surface area contributed by atoms with Gasteiger partial charge < -0.3 is 10.1 Å². The lowest BCUT2D eigenvalue weighted by atomic mass is 10.2. The molecule has 2 aromatic heterocycles. The maximum Gasteiger partial charge on any atom is 0.267 e. The Morgan fingerprint density at radius 1 is 1.21 bits per heavy atom. The highest BCUT2D eigenvalue weighted by molar-refractivity contribution is 8.26. The highest BCUT2D eigenvalue weighted by Crippen LogP contribution is 2.33. The van der Waals surface area contributed by atoms with Gasteiger partial charge in [0, 0.05) is 19.3 Å². The van der Waals surface area contributed by atoms with Gasteiger partial charge in [0.05, 0.1) is 17.6 Å². The lowest BCUT2D eigenvalue weighted by molar-refractivity contribution is -0.122. The number of amides is 1. The van der Waals surface area contributed by atoms with E-state index in [0.29, 0.717) is 39.3 Å². The minimum Gasteiger partial charge on any atom is -0.497 e. The number of carbonyl (C=O) groups excluding carboxylic acids is 1. The van der Waals surface area contributed by atoms with Crippen LogP contribution >= 0.6 is 24.0 Å². The molecule has 0 radical (unpaired) electrons.